The number of carbonyl (C=O) groups is 1. The van der Waals surface area contributed by atoms with Crippen LogP contribution in [-0.4, -0.2) is 29.4 Å². The molecule has 0 aliphatic heterocycles. The number of amides is 2. The molecule has 128 valence electrons. The van der Waals surface area contributed by atoms with E-state index in [0.29, 0.717) is 11.8 Å². The molecule has 0 aliphatic rings. The van der Waals surface area contributed by atoms with Gasteiger partial charge < -0.3 is 16.0 Å². The van der Waals surface area contributed by atoms with Crippen LogP contribution in [0.15, 0.2) is 53.7 Å². The zero-order chi connectivity index (χ0) is 17.2. The van der Waals surface area contributed by atoms with Crippen molar-refractivity contribution in [2.45, 2.75) is 30.4 Å². The first-order valence-electron chi connectivity index (χ1n) is 8.09. The van der Waals surface area contributed by atoms with E-state index in [1.165, 1.54) is 0 Å². The lowest BCUT2D eigenvalue weighted by Gasteiger charge is -2.13. The summed E-state index contributed by atoms with van der Waals surface area (Å²) in [5.74, 6) is 0. The van der Waals surface area contributed by atoms with Gasteiger partial charge >= 0.3 is 6.03 Å². The highest BCUT2D eigenvalue weighted by atomic mass is 32.2. The molecule has 0 aliphatic carbocycles. The van der Waals surface area contributed by atoms with E-state index in [1.54, 1.807) is 24.2 Å². The first-order valence-corrected chi connectivity index (χ1v) is 8.97. The fraction of sp³-hybridized carbons (Fsp3) is 0.333. The Bertz CT molecular complexity index is 634. The molecule has 0 unspecified atom stereocenters. The van der Waals surface area contributed by atoms with Gasteiger partial charge in [-0.1, -0.05) is 26.0 Å². The van der Waals surface area contributed by atoms with Gasteiger partial charge in [-0.05, 0) is 30.7 Å². The van der Waals surface area contributed by atoms with Gasteiger partial charge in [-0.2, -0.15) is 0 Å². The molecule has 0 saturated carbocycles. The second-order valence-electron chi connectivity index (χ2n) is 5.57. The Morgan fingerprint density at radius 2 is 2.00 bits per heavy atom. The van der Waals surface area contributed by atoms with E-state index in [-0.39, 0.29) is 6.03 Å². The van der Waals surface area contributed by atoms with E-state index >= 15 is 0 Å². The summed E-state index contributed by atoms with van der Waals surface area (Å²) in [5, 5.41) is 9.53. The predicted molar refractivity (Wildman–Crippen MR) is 102 cm³/mol. The van der Waals surface area contributed by atoms with Gasteiger partial charge in [-0.3, -0.25) is 4.98 Å². The number of rotatable bonds is 8. The van der Waals surface area contributed by atoms with E-state index in [9.17, 15) is 4.79 Å². The van der Waals surface area contributed by atoms with Gasteiger partial charge in [0, 0.05) is 35.6 Å². The fourth-order valence-corrected chi connectivity index (χ4v) is 2.99. The highest BCUT2D eigenvalue weighted by Crippen LogP contribution is 2.29. The maximum Gasteiger partial charge on any atom is 0.319 e. The molecule has 2 aromatic rings. The highest BCUT2D eigenvalue weighted by molar-refractivity contribution is 8.00. The number of anilines is 2. The highest BCUT2D eigenvalue weighted by Gasteiger charge is 2.07. The van der Waals surface area contributed by atoms with E-state index < -0.39 is 0 Å². The van der Waals surface area contributed by atoms with Crippen molar-refractivity contribution in [3.05, 3.63) is 48.8 Å². The van der Waals surface area contributed by atoms with Gasteiger partial charge in [0.2, 0.25) is 0 Å². The molecule has 24 heavy (non-hydrogen) atoms. The maximum absolute atomic E-state index is 12.0. The van der Waals surface area contributed by atoms with Crippen LogP contribution in [0, 0.1) is 0 Å². The molecule has 1 aromatic heterocycles. The van der Waals surface area contributed by atoms with Crippen molar-refractivity contribution in [3.63, 3.8) is 0 Å². The van der Waals surface area contributed by atoms with Crippen LogP contribution in [-0.2, 0) is 0 Å². The summed E-state index contributed by atoms with van der Waals surface area (Å²) in [6, 6.07) is 11.5. The number of hydrogen-bond donors (Lipinski definition) is 3. The minimum atomic E-state index is -0.173. The number of benzene rings is 1. The molecule has 2 rings (SSSR count). The van der Waals surface area contributed by atoms with Crippen molar-refractivity contribution < 1.29 is 4.79 Å². The lowest BCUT2D eigenvalue weighted by atomic mass is 10.3. The predicted octanol–water partition coefficient (Wildman–Crippen LogP) is 4.21. The van der Waals surface area contributed by atoms with E-state index in [4.69, 9.17) is 0 Å². The summed E-state index contributed by atoms with van der Waals surface area (Å²) in [4.78, 5) is 17.1. The summed E-state index contributed by atoms with van der Waals surface area (Å²) >= 11 is 1.74. The molecule has 0 bridgehead atoms. The number of urea groups is 1. The van der Waals surface area contributed by atoms with Gasteiger partial charge in [-0.25, -0.2) is 4.79 Å². The quantitative estimate of drug-likeness (QED) is 0.496. The number of nitrogens with zero attached hydrogens (tertiary/aromatic N) is 1. The molecule has 0 fully saturated rings. The zero-order valence-corrected chi connectivity index (χ0v) is 14.9. The van der Waals surface area contributed by atoms with Crippen LogP contribution in [0.4, 0.5) is 16.2 Å². The number of carbonyl (C=O) groups excluding carboxylic acids is 1. The normalized spacial score (nSPS) is 10.5. The van der Waals surface area contributed by atoms with Crippen molar-refractivity contribution in [1.82, 2.24) is 10.3 Å². The van der Waals surface area contributed by atoms with Crippen LogP contribution in [0.2, 0.25) is 0 Å². The van der Waals surface area contributed by atoms with Gasteiger partial charge in [-0.15, -0.1) is 11.8 Å². The monoisotopic (exact) mass is 344 g/mol. The number of aromatic nitrogens is 1. The molecule has 0 saturated heterocycles. The number of thioether (sulfide) groups is 1. The van der Waals surface area contributed by atoms with Gasteiger partial charge in [0.05, 0.1) is 11.4 Å². The summed E-state index contributed by atoms with van der Waals surface area (Å²) in [5.41, 5.74) is 1.84. The van der Waals surface area contributed by atoms with Crippen molar-refractivity contribution in [1.29, 1.82) is 0 Å². The molecule has 0 spiro atoms. The topological polar surface area (TPSA) is 66.1 Å². The molecule has 1 aromatic carbocycles. The number of pyridine rings is 1. The lowest BCUT2D eigenvalue weighted by molar-refractivity contribution is 0.252. The van der Waals surface area contributed by atoms with Crippen molar-refractivity contribution >= 4 is 29.2 Å². The lowest BCUT2D eigenvalue weighted by Crippen LogP contribution is -2.30. The van der Waals surface area contributed by atoms with E-state index in [0.717, 1.165) is 29.2 Å². The van der Waals surface area contributed by atoms with E-state index in [2.05, 4.69) is 34.8 Å². The van der Waals surface area contributed by atoms with Crippen LogP contribution in [0.3, 0.4) is 0 Å². The number of hydrogen-bond acceptors (Lipinski definition) is 4. The van der Waals surface area contributed by atoms with Crippen LogP contribution in [0.5, 0.6) is 0 Å². The first-order chi connectivity index (χ1) is 11.6. The van der Waals surface area contributed by atoms with Crippen LogP contribution in [0.1, 0.15) is 20.3 Å². The standard InChI is InChI=1S/C18H24N4OS/c1-14(2)24-17-9-4-3-8-16(17)22-18(23)21-12-6-11-20-15-7-5-10-19-13-15/h3-5,7-10,13-14,20H,6,11-12H2,1-2H3,(H2,21,22,23). The smallest absolute Gasteiger partial charge is 0.319 e. The summed E-state index contributed by atoms with van der Waals surface area (Å²) in [6.07, 6.45) is 4.36. The molecule has 3 N–H and O–H groups in total. The third kappa shape index (κ3) is 6.50. The van der Waals surface area contributed by atoms with Gasteiger partial charge in [0.15, 0.2) is 0 Å². The summed E-state index contributed by atoms with van der Waals surface area (Å²) in [7, 11) is 0. The molecule has 1 heterocycles. The minimum Gasteiger partial charge on any atom is -0.384 e. The second-order valence-corrected chi connectivity index (χ2v) is 7.18. The Morgan fingerprint density at radius 1 is 1.17 bits per heavy atom. The van der Waals surface area contributed by atoms with Crippen molar-refractivity contribution in [2.24, 2.45) is 0 Å². The SMILES string of the molecule is CC(C)Sc1ccccc1NC(=O)NCCCNc1cccnc1. The fourth-order valence-electron chi connectivity index (χ4n) is 2.08. The molecular weight excluding hydrogens is 320 g/mol. The van der Waals surface area contributed by atoms with Crippen LogP contribution < -0.4 is 16.0 Å². The average Bonchev–Trinajstić information content (AvgIpc) is 2.57. The van der Waals surface area contributed by atoms with Crippen LogP contribution in [0.25, 0.3) is 0 Å². The molecular formula is C18H24N4OS. The zero-order valence-electron chi connectivity index (χ0n) is 14.1. The molecule has 0 atom stereocenters. The third-order valence-electron chi connectivity index (χ3n) is 3.13. The maximum atomic E-state index is 12.0. The minimum absolute atomic E-state index is 0.173. The Morgan fingerprint density at radius 3 is 2.75 bits per heavy atom. The van der Waals surface area contributed by atoms with Gasteiger partial charge in [0.25, 0.3) is 0 Å². The van der Waals surface area contributed by atoms with Gasteiger partial charge in [0.1, 0.15) is 0 Å². The summed E-state index contributed by atoms with van der Waals surface area (Å²) < 4.78 is 0. The summed E-state index contributed by atoms with van der Waals surface area (Å²) in [6.45, 7) is 5.66. The Balaban J connectivity index is 1.70. The van der Waals surface area contributed by atoms with E-state index in [1.807, 2.05) is 36.4 Å². The largest absolute Gasteiger partial charge is 0.384 e. The number of para-hydroxylation sites is 1. The Kier molecular flexibility index (Phi) is 7.42. The van der Waals surface area contributed by atoms with Crippen molar-refractivity contribution in [2.75, 3.05) is 23.7 Å². The van der Waals surface area contributed by atoms with Crippen LogP contribution >= 0.6 is 11.8 Å². The third-order valence-corrected chi connectivity index (χ3v) is 4.21. The van der Waals surface area contributed by atoms with Crippen molar-refractivity contribution in [3.8, 4) is 0 Å². The molecule has 5 nitrogen and oxygen atoms in total. The Hall–Kier alpha value is -2.21. The Labute approximate surface area is 147 Å². The average molecular weight is 344 g/mol. The molecule has 2 amide bonds. The molecule has 6 heteroatoms. The second kappa shape index (κ2) is 9.82. The first kappa shape index (κ1) is 18.1. The molecule has 0 radical (unpaired) electrons. The number of nitrogens with one attached hydrogen (secondary N) is 3.